The molecule has 7 nitrogen and oxygen atoms in total. The summed E-state index contributed by atoms with van der Waals surface area (Å²) in [6.07, 6.45) is -0.0515. The average Bonchev–Trinajstić information content (AvgIpc) is 2.66. The molecule has 0 aromatic heterocycles. The fourth-order valence-electron chi connectivity index (χ4n) is 3.14. The van der Waals surface area contributed by atoms with E-state index in [-0.39, 0.29) is 12.6 Å². The van der Waals surface area contributed by atoms with E-state index in [4.69, 9.17) is 4.74 Å². The summed E-state index contributed by atoms with van der Waals surface area (Å²) < 4.78 is 5.97. The van der Waals surface area contributed by atoms with Crippen molar-refractivity contribution in [2.45, 2.75) is 58.7 Å². The molecular formula is C15H23IN3O4-. The lowest BCUT2D eigenvalue weighted by atomic mass is 9.78. The van der Waals surface area contributed by atoms with E-state index in [1.54, 1.807) is 9.91 Å². The van der Waals surface area contributed by atoms with Crippen molar-refractivity contribution in [3.63, 3.8) is 0 Å². The SMILES string of the molecule is CCC1(C(=O)[O-])C(I)=NN2CC(C)N(C(=O)OC(C)(C)C)CC21. The van der Waals surface area contributed by atoms with E-state index in [0.717, 1.165) is 0 Å². The van der Waals surface area contributed by atoms with E-state index in [9.17, 15) is 14.7 Å². The van der Waals surface area contributed by atoms with Crippen LogP contribution in [0.3, 0.4) is 0 Å². The van der Waals surface area contributed by atoms with Crippen LogP contribution >= 0.6 is 22.6 Å². The van der Waals surface area contributed by atoms with Crippen LogP contribution in [0.2, 0.25) is 0 Å². The number of fused-ring (bicyclic) bond motifs is 1. The predicted octanol–water partition coefficient (Wildman–Crippen LogP) is 1.20. The van der Waals surface area contributed by atoms with Crippen molar-refractivity contribution < 1.29 is 19.4 Å². The molecule has 23 heavy (non-hydrogen) atoms. The van der Waals surface area contributed by atoms with E-state index in [1.165, 1.54) is 0 Å². The first kappa shape index (κ1) is 18.3. The molecule has 3 atom stereocenters. The molecule has 2 heterocycles. The lowest BCUT2D eigenvalue weighted by Crippen LogP contribution is -2.64. The number of carbonyl (C=O) groups excluding carboxylic acids is 2. The Morgan fingerprint density at radius 2 is 2.04 bits per heavy atom. The average molecular weight is 436 g/mol. The molecule has 3 unspecified atom stereocenters. The molecule has 0 radical (unpaired) electrons. The third-order valence-electron chi connectivity index (χ3n) is 4.42. The summed E-state index contributed by atoms with van der Waals surface area (Å²) in [6.45, 7) is 9.89. The van der Waals surface area contributed by atoms with Crippen LogP contribution in [0.5, 0.6) is 0 Å². The predicted molar refractivity (Wildman–Crippen MR) is 92.1 cm³/mol. The van der Waals surface area contributed by atoms with Crippen molar-refractivity contribution in [3.8, 4) is 0 Å². The van der Waals surface area contributed by atoms with Crippen molar-refractivity contribution in [1.29, 1.82) is 0 Å². The molecule has 1 saturated heterocycles. The van der Waals surface area contributed by atoms with Crippen LogP contribution in [-0.4, -0.2) is 56.5 Å². The van der Waals surface area contributed by atoms with Gasteiger partial charge >= 0.3 is 6.09 Å². The minimum atomic E-state index is -1.17. The highest BCUT2D eigenvalue weighted by molar-refractivity contribution is 14.1. The highest BCUT2D eigenvalue weighted by Crippen LogP contribution is 2.42. The second-order valence-corrected chi connectivity index (χ2v) is 8.14. The zero-order valence-electron chi connectivity index (χ0n) is 14.1. The lowest BCUT2D eigenvalue weighted by Gasteiger charge is -2.47. The van der Waals surface area contributed by atoms with Gasteiger partial charge in [-0.3, -0.25) is 5.01 Å². The number of rotatable bonds is 2. The number of nitrogens with zero attached hydrogens (tertiary/aromatic N) is 3. The first-order valence-electron chi connectivity index (χ1n) is 7.75. The van der Waals surface area contributed by atoms with E-state index >= 15 is 0 Å². The van der Waals surface area contributed by atoms with Gasteiger partial charge in [0.05, 0.1) is 30.0 Å². The van der Waals surface area contributed by atoms with Gasteiger partial charge in [0.1, 0.15) is 9.32 Å². The largest absolute Gasteiger partial charge is 0.549 e. The van der Waals surface area contributed by atoms with Gasteiger partial charge in [-0.1, -0.05) is 6.92 Å². The van der Waals surface area contributed by atoms with E-state index in [2.05, 4.69) is 5.10 Å². The van der Waals surface area contributed by atoms with Crippen molar-refractivity contribution >= 4 is 38.4 Å². The molecule has 2 aliphatic heterocycles. The number of amides is 1. The Morgan fingerprint density at radius 3 is 2.52 bits per heavy atom. The van der Waals surface area contributed by atoms with E-state index in [0.29, 0.717) is 16.7 Å². The summed E-state index contributed by atoms with van der Waals surface area (Å²) in [7, 11) is 0. The van der Waals surface area contributed by atoms with Gasteiger partial charge in [-0.2, -0.15) is 5.10 Å². The van der Waals surface area contributed by atoms with E-state index in [1.807, 2.05) is 57.2 Å². The summed E-state index contributed by atoms with van der Waals surface area (Å²) in [6, 6.07) is -0.531. The molecule has 0 bridgehead atoms. The van der Waals surface area contributed by atoms with Gasteiger partial charge in [-0.15, -0.1) is 0 Å². The van der Waals surface area contributed by atoms with E-state index < -0.39 is 29.1 Å². The molecule has 0 N–H and O–H groups in total. The third kappa shape index (κ3) is 3.14. The Bertz CT molecular complexity index is 545. The van der Waals surface area contributed by atoms with Crippen LogP contribution in [-0.2, 0) is 9.53 Å². The molecule has 2 rings (SSSR count). The third-order valence-corrected chi connectivity index (χ3v) is 5.59. The zero-order chi connectivity index (χ0) is 17.6. The molecule has 0 saturated carbocycles. The normalized spacial score (nSPS) is 30.8. The maximum Gasteiger partial charge on any atom is 0.410 e. The number of carboxylic acids is 1. The molecule has 0 aromatic carbocycles. The molecule has 0 spiro atoms. The van der Waals surface area contributed by atoms with Crippen LogP contribution in [0.15, 0.2) is 5.10 Å². The summed E-state index contributed by atoms with van der Waals surface area (Å²) in [5.41, 5.74) is -1.76. The summed E-state index contributed by atoms with van der Waals surface area (Å²) in [5, 5.41) is 18.0. The lowest BCUT2D eigenvalue weighted by molar-refractivity contribution is -0.317. The van der Waals surface area contributed by atoms with Crippen molar-refractivity contribution in [2.75, 3.05) is 13.1 Å². The monoisotopic (exact) mass is 436 g/mol. The standard InChI is InChI=1S/C15H24IN3O4/c1-6-15(12(20)21)10-8-18(13(22)23-14(3,4)5)9(2)7-19(10)17-11(15)16/h9-10H,6-8H2,1-5H3,(H,20,21)/p-1. The van der Waals surface area contributed by atoms with Crippen molar-refractivity contribution in [1.82, 2.24) is 9.91 Å². The summed E-state index contributed by atoms with van der Waals surface area (Å²) in [4.78, 5) is 25.9. The molecular weight excluding hydrogens is 413 g/mol. The van der Waals surface area contributed by atoms with Gasteiger partial charge in [0, 0.05) is 6.54 Å². The number of halogens is 1. The number of hydrazone groups is 1. The number of hydrogen-bond donors (Lipinski definition) is 0. The van der Waals surface area contributed by atoms with Crippen molar-refractivity contribution in [2.24, 2.45) is 10.5 Å². The van der Waals surface area contributed by atoms with Crippen LogP contribution in [0.4, 0.5) is 4.79 Å². The number of ether oxygens (including phenoxy) is 1. The van der Waals surface area contributed by atoms with Gasteiger partial charge in [0.15, 0.2) is 0 Å². The Morgan fingerprint density at radius 1 is 1.43 bits per heavy atom. The van der Waals surface area contributed by atoms with Crippen LogP contribution in [0.1, 0.15) is 41.0 Å². The van der Waals surface area contributed by atoms with Gasteiger partial charge in [0.2, 0.25) is 0 Å². The molecule has 0 aliphatic carbocycles. The first-order chi connectivity index (χ1) is 10.5. The molecule has 1 fully saturated rings. The smallest absolute Gasteiger partial charge is 0.410 e. The summed E-state index contributed by atoms with van der Waals surface area (Å²) in [5.74, 6) is -1.14. The molecule has 8 heteroatoms. The number of hydrogen-bond acceptors (Lipinski definition) is 6. The van der Waals surface area contributed by atoms with Crippen LogP contribution < -0.4 is 5.11 Å². The zero-order valence-corrected chi connectivity index (χ0v) is 16.3. The minimum absolute atomic E-state index is 0.108. The molecule has 1 amide bonds. The van der Waals surface area contributed by atoms with Gasteiger partial charge < -0.3 is 19.5 Å². The van der Waals surface area contributed by atoms with Gasteiger partial charge in [0.25, 0.3) is 0 Å². The maximum atomic E-state index is 12.4. The Balaban J connectivity index is 2.28. The fourth-order valence-corrected chi connectivity index (χ4v) is 4.38. The quantitative estimate of drug-likeness (QED) is 0.608. The molecule has 2 aliphatic rings. The number of carboxylic acid groups (broad SMARTS) is 1. The maximum absolute atomic E-state index is 12.4. The second kappa shape index (κ2) is 6.10. The van der Waals surface area contributed by atoms with Crippen molar-refractivity contribution in [3.05, 3.63) is 0 Å². The Hall–Kier alpha value is -1.06. The highest BCUT2D eigenvalue weighted by Gasteiger charge is 2.54. The number of piperazine rings is 1. The number of aliphatic carboxylic acids is 1. The first-order valence-corrected chi connectivity index (χ1v) is 8.83. The molecule has 130 valence electrons. The number of carbonyl (C=O) groups is 2. The van der Waals surface area contributed by atoms with Crippen LogP contribution in [0, 0.1) is 5.41 Å². The fraction of sp³-hybridized carbons (Fsp3) is 0.800. The van der Waals surface area contributed by atoms with Gasteiger partial charge in [-0.25, -0.2) is 4.79 Å². The minimum Gasteiger partial charge on any atom is -0.549 e. The molecule has 0 aromatic rings. The highest BCUT2D eigenvalue weighted by atomic mass is 127. The Labute approximate surface area is 150 Å². The summed E-state index contributed by atoms with van der Waals surface area (Å²) >= 11 is 1.97. The van der Waals surface area contributed by atoms with Gasteiger partial charge in [-0.05, 0) is 56.7 Å². The second-order valence-electron chi connectivity index (χ2n) is 7.12. The Kier molecular flexibility index (Phi) is 4.85. The van der Waals surface area contributed by atoms with Crippen LogP contribution in [0.25, 0.3) is 0 Å². The topological polar surface area (TPSA) is 85.3 Å².